The average Bonchev–Trinajstić information content (AvgIpc) is 3.26. The highest BCUT2D eigenvalue weighted by Gasteiger charge is 2.62. The number of nitrogens with zero attached hydrogens (tertiary/aromatic N) is 2. The van der Waals surface area contributed by atoms with E-state index in [0.29, 0.717) is 12.5 Å². The Morgan fingerprint density at radius 3 is 3.04 bits per heavy atom. The Morgan fingerprint density at radius 2 is 2.20 bits per heavy atom. The summed E-state index contributed by atoms with van der Waals surface area (Å²) >= 11 is 0. The second-order valence-electron chi connectivity index (χ2n) is 7.97. The van der Waals surface area contributed by atoms with Crippen molar-refractivity contribution in [1.82, 2.24) is 9.47 Å². The summed E-state index contributed by atoms with van der Waals surface area (Å²) in [5.74, 6) is 0.666. The molecular formula is C20H24N2O3. The summed E-state index contributed by atoms with van der Waals surface area (Å²) in [6.45, 7) is 2.66. The van der Waals surface area contributed by atoms with E-state index >= 15 is 0 Å². The smallest absolute Gasteiger partial charge is 0.255 e. The molecule has 1 N–H and O–H groups in total. The fourth-order valence-electron chi connectivity index (χ4n) is 5.49. The first-order chi connectivity index (χ1) is 12.1. The monoisotopic (exact) mass is 340 g/mol. The summed E-state index contributed by atoms with van der Waals surface area (Å²) in [4.78, 5) is 15.1. The highest BCUT2D eigenvalue weighted by molar-refractivity contribution is 5.79. The van der Waals surface area contributed by atoms with Crippen molar-refractivity contribution in [1.29, 1.82) is 0 Å². The van der Waals surface area contributed by atoms with E-state index in [1.807, 2.05) is 31.3 Å². The van der Waals surface area contributed by atoms with E-state index in [9.17, 15) is 9.90 Å². The largest absolute Gasteiger partial charge is 0.396 e. The second kappa shape index (κ2) is 5.40. The van der Waals surface area contributed by atoms with Crippen molar-refractivity contribution in [3.05, 3.63) is 46.2 Å². The van der Waals surface area contributed by atoms with Crippen LogP contribution in [0.1, 0.15) is 18.4 Å². The molecule has 0 unspecified atom stereocenters. The topological polar surface area (TPSA) is 54.7 Å². The first kappa shape index (κ1) is 15.6. The highest BCUT2D eigenvalue weighted by Crippen LogP contribution is 2.54. The molecule has 1 aromatic heterocycles. The fraction of sp³-hybridized carbons (Fsp3) is 0.550. The van der Waals surface area contributed by atoms with Crippen LogP contribution >= 0.6 is 0 Å². The predicted octanol–water partition coefficient (Wildman–Crippen LogP) is 1.51. The first-order valence-electron chi connectivity index (χ1n) is 9.20. The standard InChI is InChI=1S/C20H24N2O3/c1-21-17-5-3-2-4-13(17)8-14(19(21)24)9-22-10-16-15(11-23)18-6-7-20(16,12-22)25-18/h2-5,8,15-16,18,23H,6-7,9-12H2,1H3/t15-,16+,18+,20+/m0/s1. The third-order valence-corrected chi connectivity index (χ3v) is 6.67. The molecule has 4 heterocycles. The van der Waals surface area contributed by atoms with Crippen LogP contribution in [0.4, 0.5) is 0 Å². The summed E-state index contributed by atoms with van der Waals surface area (Å²) in [5, 5.41) is 10.9. The van der Waals surface area contributed by atoms with E-state index in [-0.39, 0.29) is 29.8 Å². The van der Waals surface area contributed by atoms with E-state index in [0.717, 1.165) is 42.4 Å². The van der Waals surface area contributed by atoms with Crippen LogP contribution in [-0.2, 0) is 18.3 Å². The number of hydrogen-bond donors (Lipinski definition) is 1. The zero-order valence-electron chi connectivity index (χ0n) is 14.5. The molecule has 5 nitrogen and oxygen atoms in total. The molecule has 5 rings (SSSR count). The van der Waals surface area contributed by atoms with E-state index in [1.165, 1.54) is 0 Å². The molecule has 0 aliphatic carbocycles. The van der Waals surface area contributed by atoms with Gasteiger partial charge >= 0.3 is 0 Å². The van der Waals surface area contributed by atoms with Gasteiger partial charge in [0.2, 0.25) is 0 Å². The van der Waals surface area contributed by atoms with E-state index in [1.54, 1.807) is 4.57 Å². The molecule has 2 bridgehead atoms. The molecule has 2 aromatic rings. The van der Waals surface area contributed by atoms with E-state index in [2.05, 4.69) is 11.0 Å². The summed E-state index contributed by atoms with van der Waals surface area (Å²) in [7, 11) is 1.85. The van der Waals surface area contributed by atoms with Crippen molar-refractivity contribution in [2.24, 2.45) is 18.9 Å². The summed E-state index contributed by atoms with van der Waals surface area (Å²) < 4.78 is 8.04. The molecule has 1 spiro atoms. The van der Waals surface area contributed by atoms with Crippen LogP contribution in [0, 0.1) is 11.8 Å². The van der Waals surface area contributed by atoms with Crippen LogP contribution < -0.4 is 5.56 Å². The molecule has 0 radical (unpaired) electrons. The van der Waals surface area contributed by atoms with Gasteiger partial charge in [-0.1, -0.05) is 18.2 Å². The van der Waals surface area contributed by atoms with Gasteiger partial charge in [0.05, 0.1) is 17.2 Å². The number of fused-ring (bicyclic) bond motifs is 2. The second-order valence-corrected chi connectivity index (χ2v) is 7.97. The lowest BCUT2D eigenvalue weighted by atomic mass is 9.74. The number of aromatic nitrogens is 1. The number of ether oxygens (including phenoxy) is 1. The van der Waals surface area contributed by atoms with Gasteiger partial charge in [-0.25, -0.2) is 0 Å². The lowest BCUT2D eigenvalue weighted by Gasteiger charge is -2.28. The molecule has 132 valence electrons. The molecule has 5 heteroatoms. The van der Waals surface area contributed by atoms with Gasteiger partial charge in [-0.15, -0.1) is 0 Å². The van der Waals surface area contributed by atoms with Crippen molar-refractivity contribution in [2.75, 3.05) is 19.7 Å². The number of aryl methyl sites for hydroxylation is 1. The van der Waals surface area contributed by atoms with Gasteiger partial charge in [-0.3, -0.25) is 9.69 Å². The highest BCUT2D eigenvalue weighted by atomic mass is 16.5. The van der Waals surface area contributed by atoms with E-state index < -0.39 is 0 Å². The van der Waals surface area contributed by atoms with E-state index in [4.69, 9.17) is 4.74 Å². The quantitative estimate of drug-likeness (QED) is 0.920. The molecule has 4 atom stereocenters. The van der Waals surface area contributed by atoms with Gasteiger partial charge in [-0.05, 0) is 30.4 Å². The molecule has 3 aliphatic rings. The number of benzene rings is 1. The van der Waals surface area contributed by atoms with Crippen molar-refractivity contribution >= 4 is 10.9 Å². The number of aliphatic hydroxyl groups is 1. The van der Waals surface area contributed by atoms with Gasteiger partial charge in [0.25, 0.3) is 5.56 Å². The minimum atomic E-state index is -0.0832. The zero-order valence-corrected chi connectivity index (χ0v) is 14.5. The van der Waals surface area contributed by atoms with Crippen molar-refractivity contribution < 1.29 is 9.84 Å². The molecule has 1 aromatic carbocycles. The third kappa shape index (κ3) is 2.16. The van der Waals surface area contributed by atoms with Gasteiger partial charge in [0.15, 0.2) is 0 Å². The molecule has 0 saturated carbocycles. The molecule has 3 aliphatic heterocycles. The number of rotatable bonds is 3. The number of hydrogen-bond acceptors (Lipinski definition) is 4. The molecule has 3 fully saturated rings. The molecule has 25 heavy (non-hydrogen) atoms. The van der Waals surface area contributed by atoms with Crippen LogP contribution in [0.3, 0.4) is 0 Å². The Hall–Kier alpha value is -1.69. The maximum atomic E-state index is 12.8. The van der Waals surface area contributed by atoms with Crippen molar-refractivity contribution in [2.45, 2.75) is 31.1 Å². The summed E-state index contributed by atoms with van der Waals surface area (Å²) in [5.41, 5.74) is 1.81. The number of likely N-dealkylation sites (tertiary alicyclic amines) is 1. The summed E-state index contributed by atoms with van der Waals surface area (Å²) in [6, 6.07) is 10.0. The maximum Gasteiger partial charge on any atom is 0.255 e. The Bertz CT molecular complexity index is 892. The Labute approximate surface area is 146 Å². The minimum absolute atomic E-state index is 0.0807. The number of para-hydroxylation sites is 1. The predicted molar refractivity (Wildman–Crippen MR) is 95.4 cm³/mol. The normalized spacial score (nSPS) is 34.1. The van der Waals surface area contributed by atoms with Crippen LogP contribution in [0.5, 0.6) is 0 Å². The minimum Gasteiger partial charge on any atom is -0.396 e. The Morgan fingerprint density at radius 1 is 1.36 bits per heavy atom. The summed E-state index contributed by atoms with van der Waals surface area (Å²) in [6.07, 6.45) is 2.39. The van der Waals surface area contributed by atoms with Gasteiger partial charge < -0.3 is 14.4 Å². The SMILES string of the molecule is Cn1c(=O)c(CN2C[C@@H]3[C@H](CO)[C@H]4CC[C@]3(C2)O4)cc2ccccc21. The third-order valence-electron chi connectivity index (χ3n) is 6.67. The van der Waals surface area contributed by atoms with Crippen LogP contribution in [0.2, 0.25) is 0 Å². The molecule has 3 saturated heterocycles. The molecular weight excluding hydrogens is 316 g/mol. The van der Waals surface area contributed by atoms with Gasteiger partial charge in [0, 0.05) is 50.7 Å². The fourth-order valence-corrected chi connectivity index (χ4v) is 5.49. The number of pyridine rings is 1. The van der Waals surface area contributed by atoms with Crippen LogP contribution in [-0.4, -0.2) is 46.0 Å². The lowest BCUT2D eigenvalue weighted by molar-refractivity contribution is 0.000348. The maximum absolute atomic E-state index is 12.8. The molecule has 0 amide bonds. The van der Waals surface area contributed by atoms with Gasteiger partial charge in [-0.2, -0.15) is 0 Å². The van der Waals surface area contributed by atoms with Crippen molar-refractivity contribution in [3.8, 4) is 0 Å². The average molecular weight is 340 g/mol. The van der Waals surface area contributed by atoms with Crippen LogP contribution in [0.15, 0.2) is 35.1 Å². The number of aliphatic hydroxyl groups excluding tert-OH is 1. The Balaban J connectivity index is 1.45. The van der Waals surface area contributed by atoms with Crippen molar-refractivity contribution in [3.63, 3.8) is 0 Å². The Kier molecular flexibility index (Phi) is 3.36. The first-order valence-corrected chi connectivity index (χ1v) is 9.20. The lowest BCUT2D eigenvalue weighted by Crippen LogP contribution is -2.37. The zero-order chi connectivity index (χ0) is 17.2. The van der Waals surface area contributed by atoms with Gasteiger partial charge in [0.1, 0.15) is 0 Å². The van der Waals surface area contributed by atoms with Crippen LogP contribution in [0.25, 0.3) is 10.9 Å².